The fraction of sp³-hybridized carbons (Fsp3) is 0.714. The molecule has 0 amide bonds. The predicted molar refractivity (Wildman–Crippen MR) is 61.6 cm³/mol. The molecule has 0 saturated heterocycles. The Bertz CT molecular complexity index is 205. The van der Waals surface area contributed by atoms with Crippen LogP contribution in [0.15, 0.2) is 0 Å². The molecule has 0 aromatic rings. The van der Waals surface area contributed by atoms with E-state index in [0.717, 1.165) is 0 Å². The van der Waals surface area contributed by atoms with Crippen molar-refractivity contribution in [2.24, 2.45) is 11.5 Å². The minimum absolute atomic E-state index is 0.429. The summed E-state index contributed by atoms with van der Waals surface area (Å²) < 4.78 is 0. The van der Waals surface area contributed by atoms with Gasteiger partial charge >= 0.3 is 54.9 Å². The van der Waals surface area contributed by atoms with Crippen molar-refractivity contribution in [3.63, 3.8) is 0 Å². The summed E-state index contributed by atoms with van der Waals surface area (Å²) in [5.74, 6) is -1.38. The molecule has 8 heteroatoms. The summed E-state index contributed by atoms with van der Waals surface area (Å²) in [4.78, 5) is 19.7. The zero-order valence-electron chi connectivity index (χ0n) is 8.04. The van der Waals surface area contributed by atoms with E-state index in [2.05, 4.69) is 28.6 Å². The fourth-order valence-corrected chi connectivity index (χ4v) is 0.947. The van der Waals surface area contributed by atoms with Crippen LogP contribution >= 0.6 is 12.6 Å². The molecule has 90 valence electrons. The van der Waals surface area contributed by atoms with E-state index in [1.807, 2.05) is 0 Å². The maximum absolute atomic E-state index is 9.93. The Hall–Kier alpha value is -0.271. The van der Waals surface area contributed by atoms with Gasteiger partial charge in [-0.3, -0.25) is 4.79 Å². The Balaban J connectivity index is 0. The summed E-state index contributed by atoms with van der Waals surface area (Å²) in [5.41, 5.74) is 10.1. The van der Waals surface area contributed by atoms with E-state index in [1.165, 1.54) is 0 Å². The number of carboxylic acids is 2. The SMILES string of the molecule is NC(CCS)C(=O)O.NC(C[SeH])C(=O)O. The molecule has 0 heterocycles. The average Bonchev–Trinajstić information content (AvgIpc) is 2.17. The standard InChI is InChI=1S/C4H9NO2S.C3H7NO2Se/c5-3(1-2-8)4(6)7;4-2(1-7)3(5)6/h3,8H,1-2,5H2,(H,6,7);2,7H,1,4H2,(H,5,6). The van der Waals surface area contributed by atoms with Crippen LogP contribution in [0.1, 0.15) is 6.42 Å². The molecule has 2 atom stereocenters. The molecular weight excluding hydrogens is 287 g/mol. The number of aliphatic carboxylic acids is 2. The Morgan fingerprint density at radius 3 is 1.67 bits per heavy atom. The van der Waals surface area contributed by atoms with E-state index in [9.17, 15) is 9.59 Å². The van der Waals surface area contributed by atoms with Crippen molar-refractivity contribution in [2.45, 2.75) is 23.8 Å². The molecule has 0 fully saturated rings. The Kier molecular flexibility index (Phi) is 11.7. The Morgan fingerprint density at radius 2 is 1.60 bits per heavy atom. The Morgan fingerprint density at radius 1 is 1.20 bits per heavy atom. The van der Waals surface area contributed by atoms with Crippen LogP contribution in [-0.4, -0.2) is 56.0 Å². The molecule has 0 aromatic heterocycles. The molecule has 0 aliphatic heterocycles. The van der Waals surface area contributed by atoms with Gasteiger partial charge in [-0.1, -0.05) is 0 Å². The fourth-order valence-electron chi connectivity index (χ4n) is 0.341. The first kappa shape index (κ1) is 17.1. The second-order valence-corrected chi connectivity index (χ2v) is 3.80. The first-order chi connectivity index (χ1) is 6.86. The number of hydrogen-bond acceptors (Lipinski definition) is 5. The molecule has 0 rings (SSSR count). The van der Waals surface area contributed by atoms with Crippen molar-refractivity contribution in [3.8, 4) is 0 Å². The molecule has 0 bridgehead atoms. The third-order valence-electron chi connectivity index (χ3n) is 1.27. The number of hydrogen-bond donors (Lipinski definition) is 5. The predicted octanol–water partition coefficient (Wildman–Crippen LogP) is -1.56. The van der Waals surface area contributed by atoms with Gasteiger partial charge in [0, 0.05) is 0 Å². The van der Waals surface area contributed by atoms with Crippen LogP contribution in [0.3, 0.4) is 0 Å². The van der Waals surface area contributed by atoms with Gasteiger partial charge in [0.15, 0.2) is 0 Å². The van der Waals surface area contributed by atoms with Crippen molar-refractivity contribution in [1.82, 2.24) is 0 Å². The van der Waals surface area contributed by atoms with E-state index in [-0.39, 0.29) is 0 Å². The van der Waals surface area contributed by atoms with Gasteiger partial charge in [-0.25, -0.2) is 0 Å². The summed E-state index contributed by atoms with van der Waals surface area (Å²) in [6.45, 7) is 0. The topological polar surface area (TPSA) is 127 Å². The second-order valence-electron chi connectivity index (χ2n) is 2.58. The third kappa shape index (κ3) is 11.7. The molecule has 15 heavy (non-hydrogen) atoms. The number of carboxylic acid groups (broad SMARTS) is 2. The second kappa shape index (κ2) is 10.3. The van der Waals surface area contributed by atoms with Crippen LogP contribution in [0.4, 0.5) is 0 Å². The molecule has 0 radical (unpaired) electrons. The number of rotatable bonds is 5. The summed E-state index contributed by atoms with van der Waals surface area (Å²) >= 11 is 5.94. The first-order valence-electron chi connectivity index (χ1n) is 4.05. The molecular formula is C7H16N2O4SSe. The van der Waals surface area contributed by atoms with Crippen LogP contribution < -0.4 is 11.5 Å². The van der Waals surface area contributed by atoms with Gasteiger partial charge in [0.2, 0.25) is 0 Å². The zero-order valence-corrected chi connectivity index (χ0v) is 10.8. The summed E-state index contributed by atoms with van der Waals surface area (Å²) in [7, 11) is 0. The van der Waals surface area contributed by atoms with E-state index in [1.54, 1.807) is 0 Å². The van der Waals surface area contributed by atoms with E-state index in [0.29, 0.717) is 17.5 Å². The molecule has 0 saturated carbocycles. The van der Waals surface area contributed by atoms with Crippen LogP contribution in [0.2, 0.25) is 5.32 Å². The number of thiol groups is 1. The molecule has 0 spiro atoms. The summed E-state index contributed by atoms with van der Waals surface area (Å²) in [5, 5.41) is 16.6. The van der Waals surface area contributed by atoms with Crippen molar-refractivity contribution < 1.29 is 19.8 Å². The minimum atomic E-state index is -0.959. The van der Waals surface area contributed by atoms with Crippen molar-refractivity contribution >= 4 is 40.6 Å². The maximum atomic E-state index is 9.93. The van der Waals surface area contributed by atoms with Gasteiger partial charge in [-0.05, 0) is 12.2 Å². The molecule has 0 aliphatic rings. The van der Waals surface area contributed by atoms with Gasteiger partial charge in [-0.15, -0.1) is 0 Å². The number of carbonyl (C=O) groups is 2. The van der Waals surface area contributed by atoms with E-state index in [4.69, 9.17) is 21.7 Å². The van der Waals surface area contributed by atoms with E-state index < -0.39 is 24.0 Å². The molecule has 0 aromatic carbocycles. The summed E-state index contributed by atoms with van der Waals surface area (Å²) in [6.07, 6.45) is 0.429. The molecule has 0 aliphatic carbocycles. The summed E-state index contributed by atoms with van der Waals surface area (Å²) in [6, 6.07) is -1.45. The van der Waals surface area contributed by atoms with Crippen LogP contribution in [0.5, 0.6) is 0 Å². The van der Waals surface area contributed by atoms with Gasteiger partial charge in [-0.2, -0.15) is 12.6 Å². The van der Waals surface area contributed by atoms with Gasteiger partial charge < -0.3 is 10.8 Å². The third-order valence-corrected chi connectivity index (χ3v) is 2.35. The van der Waals surface area contributed by atoms with Crippen LogP contribution in [0, 0.1) is 0 Å². The first-order valence-corrected chi connectivity index (χ1v) is 6.01. The molecule has 6 nitrogen and oxygen atoms in total. The quantitative estimate of drug-likeness (QED) is 0.309. The molecule has 6 N–H and O–H groups in total. The van der Waals surface area contributed by atoms with Crippen molar-refractivity contribution in [2.75, 3.05) is 5.75 Å². The van der Waals surface area contributed by atoms with E-state index >= 15 is 0 Å². The van der Waals surface area contributed by atoms with Crippen LogP contribution in [-0.2, 0) is 9.59 Å². The molecule has 2 unspecified atom stereocenters. The monoisotopic (exact) mass is 304 g/mol. The average molecular weight is 303 g/mol. The van der Waals surface area contributed by atoms with Gasteiger partial charge in [0.05, 0.1) is 0 Å². The normalized spacial score (nSPS) is 13.3. The van der Waals surface area contributed by atoms with Gasteiger partial charge in [0.25, 0.3) is 0 Å². The number of nitrogens with two attached hydrogens (primary N) is 2. The van der Waals surface area contributed by atoms with Gasteiger partial charge in [0.1, 0.15) is 6.04 Å². The van der Waals surface area contributed by atoms with Crippen molar-refractivity contribution in [3.05, 3.63) is 0 Å². The van der Waals surface area contributed by atoms with Crippen molar-refractivity contribution in [1.29, 1.82) is 0 Å². The van der Waals surface area contributed by atoms with Crippen LogP contribution in [0.25, 0.3) is 0 Å². The Labute approximate surface area is 102 Å². The zero-order chi connectivity index (χ0) is 12.4.